The molecule has 7 nitrogen and oxygen atoms in total. The van der Waals surface area contributed by atoms with Gasteiger partial charge in [0.05, 0.1) is 29.3 Å². The molecule has 0 aromatic heterocycles. The molecule has 0 bridgehead atoms. The maximum Gasteiger partial charge on any atom is 0.202 e. The molecule has 5 atom stereocenters. The summed E-state index contributed by atoms with van der Waals surface area (Å²) in [5.41, 5.74) is 0.905. The summed E-state index contributed by atoms with van der Waals surface area (Å²) in [6.45, 7) is 0.338. The van der Waals surface area contributed by atoms with Gasteiger partial charge in [0.25, 0.3) is 0 Å². The first-order valence-corrected chi connectivity index (χ1v) is 11.6. The number of hydrogen-bond acceptors (Lipinski definition) is 7. The molecule has 0 saturated carbocycles. The Kier molecular flexibility index (Phi) is 6.82. The topological polar surface area (TPSA) is 88.1 Å². The van der Waals surface area contributed by atoms with Crippen LogP contribution in [-0.4, -0.2) is 45.7 Å². The predicted octanol–water partition coefficient (Wildman–Crippen LogP) is 3.18. The number of carbonyl (C=O) groups excluding carboxylic acids is 1. The van der Waals surface area contributed by atoms with Crippen LogP contribution in [0.4, 0.5) is 0 Å². The van der Waals surface area contributed by atoms with Gasteiger partial charge in [0, 0.05) is 18.4 Å². The lowest BCUT2D eigenvalue weighted by Crippen LogP contribution is -2.53. The zero-order valence-electron chi connectivity index (χ0n) is 16.8. The smallest absolute Gasteiger partial charge is 0.202 e. The van der Waals surface area contributed by atoms with E-state index in [2.05, 4.69) is 0 Å². The van der Waals surface area contributed by atoms with Gasteiger partial charge in [0.2, 0.25) is 9.84 Å². The van der Waals surface area contributed by atoms with E-state index in [4.69, 9.17) is 18.9 Å². The number of benzene rings is 2. The van der Waals surface area contributed by atoms with Crippen molar-refractivity contribution in [1.29, 1.82) is 0 Å². The fraction of sp³-hybridized carbons (Fsp3) is 0.348. The zero-order valence-corrected chi connectivity index (χ0v) is 17.6. The van der Waals surface area contributed by atoms with Crippen LogP contribution in [0.1, 0.15) is 24.7 Å². The van der Waals surface area contributed by atoms with Crippen LogP contribution < -0.4 is 0 Å². The van der Waals surface area contributed by atoms with E-state index in [1.807, 2.05) is 30.3 Å². The Morgan fingerprint density at radius 1 is 0.968 bits per heavy atom. The van der Waals surface area contributed by atoms with Crippen molar-refractivity contribution in [2.45, 2.75) is 48.4 Å². The number of sulfone groups is 1. The van der Waals surface area contributed by atoms with Gasteiger partial charge in [-0.15, -0.1) is 0 Å². The molecule has 0 spiro atoms. The van der Waals surface area contributed by atoms with Crippen LogP contribution in [0.15, 0.2) is 77.2 Å². The maximum absolute atomic E-state index is 12.4. The minimum Gasteiger partial charge on any atom is -0.494 e. The average molecular weight is 445 g/mol. The zero-order chi connectivity index (χ0) is 21.7. The Hall–Kier alpha value is -2.52. The number of ether oxygens (including phenoxy) is 4. The molecule has 0 amide bonds. The molecule has 2 heterocycles. The molecule has 2 saturated heterocycles. The standard InChI is InChI=1S/C23H24O7S/c24-12-11-19-20(27-13-14-31(25,26)18-9-5-2-6-10-18)15-21-22(29-19)16-28-23(30-21)17-7-3-1-4-8-17/h1-10,12-14,19-23H,11,15-16H2/b14-13-/t19-,20+,21-,22+,23+/m0/s1. The molecule has 8 heteroatoms. The highest BCUT2D eigenvalue weighted by Crippen LogP contribution is 2.35. The molecular formula is C23H24O7S. The van der Waals surface area contributed by atoms with Gasteiger partial charge in [-0.2, -0.15) is 0 Å². The van der Waals surface area contributed by atoms with Crippen LogP contribution in [0.5, 0.6) is 0 Å². The van der Waals surface area contributed by atoms with E-state index < -0.39 is 28.3 Å². The van der Waals surface area contributed by atoms with Crippen LogP contribution in [0.25, 0.3) is 0 Å². The van der Waals surface area contributed by atoms with Crippen molar-refractivity contribution in [3.8, 4) is 0 Å². The maximum atomic E-state index is 12.4. The van der Waals surface area contributed by atoms with Crippen molar-refractivity contribution < 1.29 is 32.2 Å². The second-order valence-electron chi connectivity index (χ2n) is 7.41. The second kappa shape index (κ2) is 9.74. The Bertz CT molecular complexity index is 991. The van der Waals surface area contributed by atoms with Crippen molar-refractivity contribution in [1.82, 2.24) is 0 Å². The van der Waals surface area contributed by atoms with Crippen LogP contribution in [0, 0.1) is 0 Å². The van der Waals surface area contributed by atoms with Crippen molar-refractivity contribution in [2.24, 2.45) is 0 Å². The molecule has 2 aromatic rings. The van der Waals surface area contributed by atoms with E-state index >= 15 is 0 Å². The second-order valence-corrected chi connectivity index (χ2v) is 9.24. The molecular weight excluding hydrogens is 420 g/mol. The summed E-state index contributed by atoms with van der Waals surface area (Å²) in [6, 6.07) is 17.7. The van der Waals surface area contributed by atoms with Crippen LogP contribution >= 0.6 is 0 Å². The first-order valence-electron chi connectivity index (χ1n) is 10.1. The summed E-state index contributed by atoms with van der Waals surface area (Å²) in [6.07, 6.45) is 0.342. The number of hydrogen-bond donors (Lipinski definition) is 0. The first-order chi connectivity index (χ1) is 15.1. The summed E-state index contributed by atoms with van der Waals surface area (Å²) >= 11 is 0. The molecule has 2 aromatic carbocycles. The molecule has 0 radical (unpaired) electrons. The highest BCUT2D eigenvalue weighted by molar-refractivity contribution is 7.94. The molecule has 164 valence electrons. The van der Waals surface area contributed by atoms with Gasteiger partial charge in [-0.05, 0) is 12.1 Å². The van der Waals surface area contributed by atoms with E-state index in [9.17, 15) is 13.2 Å². The SMILES string of the molecule is O=CC[C@@H]1O[C@@H]2CO[C@@H](c3ccccc3)O[C@H]2C[C@H]1O/C=C\S(=O)(=O)c1ccccc1. The van der Waals surface area contributed by atoms with E-state index in [1.165, 1.54) is 12.1 Å². The Morgan fingerprint density at radius 2 is 1.68 bits per heavy atom. The predicted molar refractivity (Wildman–Crippen MR) is 112 cm³/mol. The minimum atomic E-state index is -3.63. The monoisotopic (exact) mass is 444 g/mol. The number of fused-ring (bicyclic) bond motifs is 1. The van der Waals surface area contributed by atoms with Gasteiger partial charge in [-0.25, -0.2) is 8.42 Å². The summed E-state index contributed by atoms with van der Waals surface area (Å²) in [5, 5.41) is 1.02. The van der Waals surface area contributed by atoms with E-state index in [0.29, 0.717) is 13.0 Å². The highest BCUT2D eigenvalue weighted by atomic mass is 32.2. The van der Waals surface area contributed by atoms with E-state index in [1.54, 1.807) is 18.2 Å². The van der Waals surface area contributed by atoms with Gasteiger partial charge < -0.3 is 23.7 Å². The van der Waals surface area contributed by atoms with Gasteiger partial charge in [0.15, 0.2) is 6.29 Å². The number of carbonyl (C=O) groups is 1. The molecule has 4 rings (SSSR count). The normalized spacial score (nSPS) is 28.7. The molecule has 2 aliphatic rings. The molecule has 2 fully saturated rings. The third-order valence-corrected chi connectivity index (χ3v) is 6.71. The summed E-state index contributed by atoms with van der Waals surface area (Å²) < 4.78 is 48.5. The first kappa shape index (κ1) is 21.7. The summed E-state index contributed by atoms with van der Waals surface area (Å²) in [4.78, 5) is 11.3. The lowest BCUT2D eigenvalue weighted by molar-refractivity contribution is -0.301. The Morgan fingerprint density at radius 3 is 2.39 bits per heavy atom. The minimum absolute atomic E-state index is 0.134. The lowest BCUT2D eigenvalue weighted by atomic mass is 9.95. The number of rotatable bonds is 7. The summed E-state index contributed by atoms with van der Waals surface area (Å²) in [7, 11) is -3.63. The third-order valence-electron chi connectivity index (χ3n) is 5.31. The summed E-state index contributed by atoms with van der Waals surface area (Å²) in [5.74, 6) is 0. The van der Waals surface area contributed by atoms with E-state index in [0.717, 1.165) is 23.5 Å². The fourth-order valence-corrected chi connectivity index (χ4v) is 4.63. The largest absolute Gasteiger partial charge is 0.494 e. The van der Waals surface area contributed by atoms with Gasteiger partial charge in [0.1, 0.15) is 24.6 Å². The molecule has 2 aliphatic heterocycles. The molecule has 0 unspecified atom stereocenters. The van der Waals surface area contributed by atoms with Crippen LogP contribution in [-0.2, 0) is 33.6 Å². The molecule has 0 aliphatic carbocycles. The van der Waals surface area contributed by atoms with Gasteiger partial charge in [-0.1, -0.05) is 48.5 Å². The van der Waals surface area contributed by atoms with Gasteiger partial charge in [-0.3, -0.25) is 0 Å². The van der Waals surface area contributed by atoms with Crippen LogP contribution in [0.2, 0.25) is 0 Å². The van der Waals surface area contributed by atoms with Crippen molar-refractivity contribution >= 4 is 16.1 Å². The Labute approximate surface area is 181 Å². The lowest BCUT2D eigenvalue weighted by Gasteiger charge is -2.44. The fourth-order valence-electron chi connectivity index (χ4n) is 3.73. The van der Waals surface area contributed by atoms with Gasteiger partial charge >= 0.3 is 0 Å². The highest BCUT2D eigenvalue weighted by Gasteiger charge is 2.43. The third kappa shape index (κ3) is 5.22. The molecule has 0 N–H and O–H groups in total. The van der Waals surface area contributed by atoms with Crippen molar-refractivity contribution in [3.63, 3.8) is 0 Å². The quantitative estimate of drug-likeness (QED) is 0.479. The average Bonchev–Trinajstić information content (AvgIpc) is 2.80. The van der Waals surface area contributed by atoms with E-state index in [-0.39, 0.29) is 23.5 Å². The Balaban J connectivity index is 1.44. The molecule has 31 heavy (non-hydrogen) atoms. The number of aldehydes is 1. The van der Waals surface area contributed by atoms with Crippen LogP contribution in [0.3, 0.4) is 0 Å². The van der Waals surface area contributed by atoms with Crippen molar-refractivity contribution in [2.75, 3.05) is 6.61 Å². The van der Waals surface area contributed by atoms with Crippen molar-refractivity contribution in [3.05, 3.63) is 77.9 Å².